The summed E-state index contributed by atoms with van der Waals surface area (Å²) < 4.78 is 0.461. The number of nitrogens with zero attached hydrogens (tertiary/aromatic N) is 1. The van der Waals surface area contributed by atoms with E-state index in [4.69, 9.17) is 0 Å². The number of hydrogen-bond acceptors (Lipinski definition) is 3. The van der Waals surface area contributed by atoms with E-state index in [1.54, 1.807) is 0 Å². The average molecular weight is 242 g/mol. The van der Waals surface area contributed by atoms with Crippen LogP contribution in [-0.4, -0.2) is 47.6 Å². The molecule has 3 heteroatoms. The van der Waals surface area contributed by atoms with E-state index in [1.807, 2.05) is 0 Å². The van der Waals surface area contributed by atoms with Gasteiger partial charge in [-0.1, -0.05) is 12.8 Å². The number of rotatable bonds is 2. The molecular weight excluding hydrogens is 216 g/mol. The van der Waals surface area contributed by atoms with Crippen LogP contribution in [0.2, 0.25) is 0 Å². The summed E-state index contributed by atoms with van der Waals surface area (Å²) in [5.41, 5.74) is 0. The van der Waals surface area contributed by atoms with Gasteiger partial charge in [0.05, 0.1) is 0 Å². The Morgan fingerprint density at radius 3 is 3.00 bits per heavy atom. The van der Waals surface area contributed by atoms with Crippen LogP contribution < -0.4 is 5.32 Å². The van der Waals surface area contributed by atoms with Crippen molar-refractivity contribution >= 4 is 11.8 Å². The Morgan fingerprint density at radius 1 is 1.31 bits per heavy atom. The molecule has 2 saturated heterocycles. The first-order valence-corrected chi connectivity index (χ1v) is 7.74. The lowest BCUT2D eigenvalue weighted by Crippen LogP contribution is -2.48. The summed E-state index contributed by atoms with van der Waals surface area (Å²) in [6, 6.07) is 0.751. The lowest BCUT2D eigenvalue weighted by Gasteiger charge is -2.39. The van der Waals surface area contributed by atoms with Crippen LogP contribution in [0.4, 0.5) is 0 Å². The van der Waals surface area contributed by atoms with Crippen molar-refractivity contribution in [3.05, 3.63) is 0 Å². The zero-order valence-electron chi connectivity index (χ0n) is 10.8. The van der Waals surface area contributed by atoms with E-state index in [-0.39, 0.29) is 0 Å². The number of hydrogen-bond donors (Lipinski definition) is 1. The molecule has 2 aliphatic rings. The van der Waals surface area contributed by atoms with Crippen molar-refractivity contribution in [3.8, 4) is 0 Å². The average Bonchev–Trinajstić information content (AvgIpc) is 2.45. The maximum Gasteiger partial charge on any atom is 0.0231 e. The summed E-state index contributed by atoms with van der Waals surface area (Å²) in [6.45, 7) is 9.80. The van der Waals surface area contributed by atoms with Gasteiger partial charge >= 0.3 is 0 Å². The highest BCUT2D eigenvalue weighted by Gasteiger charge is 2.28. The molecule has 0 aromatic rings. The first-order chi connectivity index (χ1) is 7.66. The summed E-state index contributed by atoms with van der Waals surface area (Å²) >= 11 is 2.13. The Labute approximate surface area is 105 Å². The Balaban J connectivity index is 1.79. The molecule has 2 nitrogen and oxygen atoms in total. The van der Waals surface area contributed by atoms with Crippen LogP contribution in [0.3, 0.4) is 0 Å². The molecule has 0 radical (unpaired) electrons. The normalized spacial score (nSPS) is 32.2. The van der Waals surface area contributed by atoms with Gasteiger partial charge in [-0.25, -0.2) is 0 Å². The van der Waals surface area contributed by atoms with Crippen LogP contribution in [0.1, 0.15) is 39.5 Å². The molecule has 0 saturated carbocycles. The molecular formula is C13H26N2S. The second kappa shape index (κ2) is 5.74. The molecule has 94 valence electrons. The fourth-order valence-corrected chi connectivity index (χ4v) is 4.01. The molecule has 2 fully saturated rings. The minimum absolute atomic E-state index is 0.461. The lowest BCUT2D eigenvalue weighted by atomic mass is 10.1. The topological polar surface area (TPSA) is 15.3 Å². The zero-order chi connectivity index (χ0) is 11.4. The summed E-state index contributed by atoms with van der Waals surface area (Å²) in [6.07, 6.45) is 5.59. The summed E-state index contributed by atoms with van der Waals surface area (Å²) in [5.74, 6) is 1.31. The Hall–Kier alpha value is 0.270. The van der Waals surface area contributed by atoms with E-state index < -0.39 is 0 Å². The minimum atomic E-state index is 0.461. The van der Waals surface area contributed by atoms with Gasteiger partial charge in [-0.05, 0) is 33.2 Å². The third-order valence-corrected chi connectivity index (χ3v) is 4.94. The van der Waals surface area contributed by atoms with E-state index in [2.05, 4.69) is 35.8 Å². The van der Waals surface area contributed by atoms with Gasteiger partial charge in [0, 0.05) is 36.2 Å². The lowest BCUT2D eigenvalue weighted by molar-refractivity contribution is 0.229. The van der Waals surface area contributed by atoms with Crippen molar-refractivity contribution in [2.75, 3.05) is 31.9 Å². The van der Waals surface area contributed by atoms with E-state index in [9.17, 15) is 0 Å². The molecule has 0 bridgehead atoms. The van der Waals surface area contributed by atoms with Crippen molar-refractivity contribution in [1.82, 2.24) is 10.2 Å². The van der Waals surface area contributed by atoms with E-state index >= 15 is 0 Å². The van der Waals surface area contributed by atoms with Gasteiger partial charge in [-0.2, -0.15) is 11.8 Å². The molecule has 1 N–H and O–H groups in total. The summed E-state index contributed by atoms with van der Waals surface area (Å²) in [5, 5.41) is 3.71. The highest BCUT2D eigenvalue weighted by molar-refractivity contribution is 8.00. The zero-order valence-corrected chi connectivity index (χ0v) is 11.6. The third kappa shape index (κ3) is 3.94. The van der Waals surface area contributed by atoms with Crippen molar-refractivity contribution in [1.29, 1.82) is 0 Å². The smallest absolute Gasteiger partial charge is 0.0231 e. The monoisotopic (exact) mass is 242 g/mol. The molecule has 2 aliphatic heterocycles. The first kappa shape index (κ1) is 12.7. The maximum atomic E-state index is 3.71. The van der Waals surface area contributed by atoms with Crippen molar-refractivity contribution < 1.29 is 0 Å². The van der Waals surface area contributed by atoms with Crippen LogP contribution in [0.5, 0.6) is 0 Å². The fourth-order valence-electron chi connectivity index (χ4n) is 2.84. The molecule has 2 rings (SSSR count). The van der Waals surface area contributed by atoms with Crippen LogP contribution in [0, 0.1) is 0 Å². The van der Waals surface area contributed by atoms with Crippen LogP contribution >= 0.6 is 11.8 Å². The predicted octanol–water partition coefficient (Wildman–Crippen LogP) is 2.35. The summed E-state index contributed by atoms with van der Waals surface area (Å²) in [7, 11) is 0. The van der Waals surface area contributed by atoms with Gasteiger partial charge in [-0.3, -0.25) is 4.90 Å². The van der Waals surface area contributed by atoms with E-state index in [1.165, 1.54) is 57.6 Å². The fraction of sp³-hybridized carbons (Fsp3) is 1.00. The minimum Gasteiger partial charge on any atom is -0.313 e. The molecule has 0 aromatic heterocycles. The molecule has 0 spiro atoms. The molecule has 0 aliphatic carbocycles. The van der Waals surface area contributed by atoms with Crippen molar-refractivity contribution in [2.45, 2.75) is 50.3 Å². The molecule has 0 amide bonds. The Bertz CT molecular complexity index is 210. The van der Waals surface area contributed by atoms with Gasteiger partial charge in [0.1, 0.15) is 0 Å². The van der Waals surface area contributed by atoms with Gasteiger partial charge in [-0.15, -0.1) is 0 Å². The molecule has 0 aromatic carbocycles. The van der Waals surface area contributed by atoms with Crippen molar-refractivity contribution in [3.63, 3.8) is 0 Å². The van der Waals surface area contributed by atoms with Crippen LogP contribution in [0.25, 0.3) is 0 Å². The van der Waals surface area contributed by atoms with E-state index in [0.29, 0.717) is 4.75 Å². The van der Waals surface area contributed by atoms with Crippen LogP contribution in [0.15, 0.2) is 0 Å². The Kier molecular flexibility index (Phi) is 4.57. The quantitative estimate of drug-likeness (QED) is 0.800. The molecule has 16 heavy (non-hydrogen) atoms. The van der Waals surface area contributed by atoms with Gasteiger partial charge in [0.25, 0.3) is 0 Å². The van der Waals surface area contributed by atoms with Gasteiger partial charge < -0.3 is 5.32 Å². The van der Waals surface area contributed by atoms with Crippen molar-refractivity contribution in [2.24, 2.45) is 0 Å². The van der Waals surface area contributed by atoms with Gasteiger partial charge in [0.15, 0.2) is 0 Å². The SMILES string of the molecule is CC1(C)CN(CC2CCCCCN2)CCS1. The standard InChI is InChI=1S/C13H26N2S/c1-13(2)11-15(8-9-16-13)10-12-6-4-3-5-7-14-12/h12,14H,3-11H2,1-2H3. The summed E-state index contributed by atoms with van der Waals surface area (Å²) in [4.78, 5) is 2.67. The first-order valence-electron chi connectivity index (χ1n) is 6.75. The maximum absolute atomic E-state index is 3.71. The second-order valence-corrected chi connectivity index (χ2v) is 7.65. The molecule has 1 unspecified atom stereocenters. The van der Waals surface area contributed by atoms with Gasteiger partial charge in [0.2, 0.25) is 0 Å². The third-order valence-electron chi connectivity index (χ3n) is 3.65. The van der Waals surface area contributed by atoms with E-state index in [0.717, 1.165) is 6.04 Å². The largest absolute Gasteiger partial charge is 0.313 e. The number of thioether (sulfide) groups is 1. The highest BCUT2D eigenvalue weighted by Crippen LogP contribution is 2.29. The predicted molar refractivity (Wildman–Crippen MR) is 73.2 cm³/mol. The molecule has 2 heterocycles. The number of nitrogens with one attached hydrogen (secondary N) is 1. The highest BCUT2D eigenvalue weighted by atomic mass is 32.2. The Morgan fingerprint density at radius 2 is 2.19 bits per heavy atom. The second-order valence-electron chi connectivity index (χ2n) is 5.84. The van der Waals surface area contributed by atoms with Crippen LogP contribution in [-0.2, 0) is 0 Å². The molecule has 1 atom stereocenters.